The summed E-state index contributed by atoms with van der Waals surface area (Å²) in [6, 6.07) is 10.2. The summed E-state index contributed by atoms with van der Waals surface area (Å²) >= 11 is 0. The molecule has 1 unspecified atom stereocenters. The molecule has 6 nitrogen and oxygen atoms in total. The summed E-state index contributed by atoms with van der Waals surface area (Å²) in [7, 11) is 0. The Balaban J connectivity index is 1.95. The van der Waals surface area contributed by atoms with Crippen LogP contribution in [-0.2, 0) is 0 Å². The van der Waals surface area contributed by atoms with Gasteiger partial charge in [-0.3, -0.25) is 0 Å². The van der Waals surface area contributed by atoms with E-state index in [-0.39, 0.29) is 12.0 Å². The van der Waals surface area contributed by atoms with E-state index in [2.05, 4.69) is 44.3 Å². The molecule has 2 aromatic heterocycles. The molecule has 4 N–H and O–H groups in total. The Hall–Kier alpha value is -2.63. The summed E-state index contributed by atoms with van der Waals surface area (Å²) in [6.45, 7) is 2.07. The highest BCUT2D eigenvalue weighted by Gasteiger charge is 2.11. The monoisotopic (exact) mass is 254 g/mol. The number of nitrogen functional groups attached to an aromatic ring is 1. The fourth-order valence-electron chi connectivity index (χ4n) is 1.98. The second kappa shape index (κ2) is 4.56. The molecule has 0 aliphatic rings. The smallest absolute Gasteiger partial charge is 0.224 e. The topological polar surface area (TPSA) is 92.5 Å². The first kappa shape index (κ1) is 11.5. The Morgan fingerprint density at radius 2 is 2.00 bits per heavy atom. The molecule has 0 saturated heterocycles. The van der Waals surface area contributed by atoms with Crippen molar-refractivity contribution in [1.82, 2.24) is 19.9 Å². The molecular formula is C13H14N6. The molecule has 0 amide bonds. The molecule has 3 aromatic rings. The number of benzene rings is 1. The van der Waals surface area contributed by atoms with E-state index in [0.717, 1.165) is 5.52 Å². The first-order valence-corrected chi connectivity index (χ1v) is 6.02. The van der Waals surface area contributed by atoms with Crippen molar-refractivity contribution >= 4 is 22.9 Å². The van der Waals surface area contributed by atoms with E-state index < -0.39 is 0 Å². The molecule has 0 radical (unpaired) electrons. The van der Waals surface area contributed by atoms with Gasteiger partial charge in [0, 0.05) is 0 Å². The molecule has 1 atom stereocenters. The molecular weight excluding hydrogens is 240 g/mol. The van der Waals surface area contributed by atoms with Gasteiger partial charge in [-0.05, 0) is 12.5 Å². The molecule has 0 spiro atoms. The van der Waals surface area contributed by atoms with Crippen LogP contribution in [0, 0.1) is 0 Å². The predicted octanol–water partition coefficient (Wildman–Crippen LogP) is 2.11. The van der Waals surface area contributed by atoms with Crippen molar-refractivity contribution in [3.63, 3.8) is 0 Å². The summed E-state index contributed by atoms with van der Waals surface area (Å²) in [5, 5.41) is 3.33. The number of aromatic amines is 1. The minimum absolute atomic E-state index is 0.113. The van der Waals surface area contributed by atoms with Gasteiger partial charge >= 0.3 is 0 Å². The molecule has 2 heterocycles. The number of nitrogens with two attached hydrogens (primary N) is 1. The Labute approximate surface area is 110 Å². The van der Waals surface area contributed by atoms with Crippen molar-refractivity contribution in [2.75, 3.05) is 11.1 Å². The van der Waals surface area contributed by atoms with Crippen LogP contribution >= 0.6 is 0 Å². The molecule has 0 saturated carbocycles. The molecule has 0 aliphatic heterocycles. The van der Waals surface area contributed by atoms with Crippen LogP contribution in [0.3, 0.4) is 0 Å². The minimum Gasteiger partial charge on any atom is -0.368 e. The van der Waals surface area contributed by atoms with Crippen LogP contribution in [0.5, 0.6) is 0 Å². The summed E-state index contributed by atoms with van der Waals surface area (Å²) in [5.41, 5.74) is 8.18. The third-order valence-corrected chi connectivity index (χ3v) is 2.96. The average Bonchev–Trinajstić information content (AvgIpc) is 2.88. The van der Waals surface area contributed by atoms with Crippen LogP contribution in [0.1, 0.15) is 18.5 Å². The van der Waals surface area contributed by atoms with Crippen molar-refractivity contribution in [2.45, 2.75) is 13.0 Å². The number of nitrogens with one attached hydrogen (secondary N) is 2. The van der Waals surface area contributed by atoms with Crippen LogP contribution in [0.4, 0.5) is 11.8 Å². The number of fused-ring (bicyclic) bond motifs is 1. The van der Waals surface area contributed by atoms with Crippen LogP contribution in [0.2, 0.25) is 0 Å². The summed E-state index contributed by atoms with van der Waals surface area (Å²) in [4.78, 5) is 15.4. The average molecular weight is 254 g/mol. The number of hydrogen-bond donors (Lipinski definition) is 3. The number of anilines is 2. The van der Waals surface area contributed by atoms with Gasteiger partial charge in [-0.1, -0.05) is 30.3 Å². The maximum absolute atomic E-state index is 5.68. The van der Waals surface area contributed by atoms with Gasteiger partial charge in [-0.25, -0.2) is 4.98 Å². The second-order valence-corrected chi connectivity index (χ2v) is 4.31. The Morgan fingerprint density at radius 1 is 1.21 bits per heavy atom. The Morgan fingerprint density at radius 3 is 2.79 bits per heavy atom. The van der Waals surface area contributed by atoms with Crippen molar-refractivity contribution in [3.8, 4) is 0 Å². The van der Waals surface area contributed by atoms with Gasteiger partial charge in [0.15, 0.2) is 11.5 Å². The molecule has 19 heavy (non-hydrogen) atoms. The maximum atomic E-state index is 5.68. The van der Waals surface area contributed by atoms with E-state index in [1.165, 1.54) is 5.56 Å². The standard InChI is InChI=1S/C13H14N6/c1-8(9-5-3-2-4-6-9)17-12-10-11(16-7-15-10)18-13(14)19-12/h2-8H,1H3,(H4,14,15,16,17,18,19). The normalized spacial score (nSPS) is 12.5. The number of rotatable bonds is 3. The number of nitrogens with zero attached hydrogens (tertiary/aromatic N) is 3. The fourth-order valence-corrected chi connectivity index (χ4v) is 1.98. The highest BCUT2D eigenvalue weighted by molar-refractivity contribution is 5.83. The first-order valence-electron chi connectivity index (χ1n) is 6.02. The lowest BCUT2D eigenvalue weighted by molar-refractivity contribution is 0.876. The number of hydrogen-bond acceptors (Lipinski definition) is 5. The largest absolute Gasteiger partial charge is 0.368 e. The van der Waals surface area contributed by atoms with Gasteiger partial charge in [0.2, 0.25) is 5.95 Å². The van der Waals surface area contributed by atoms with E-state index in [0.29, 0.717) is 11.5 Å². The molecule has 0 aliphatic carbocycles. The van der Waals surface area contributed by atoms with Gasteiger partial charge in [-0.2, -0.15) is 9.97 Å². The number of aromatic nitrogens is 4. The van der Waals surface area contributed by atoms with E-state index in [1.807, 2.05) is 18.2 Å². The molecule has 0 bridgehead atoms. The van der Waals surface area contributed by atoms with Gasteiger partial charge < -0.3 is 16.0 Å². The molecule has 96 valence electrons. The summed E-state index contributed by atoms with van der Waals surface area (Å²) < 4.78 is 0. The third-order valence-electron chi connectivity index (χ3n) is 2.96. The molecule has 1 aromatic carbocycles. The highest BCUT2D eigenvalue weighted by Crippen LogP contribution is 2.22. The Bertz CT molecular complexity index is 691. The van der Waals surface area contributed by atoms with Crippen molar-refractivity contribution < 1.29 is 0 Å². The van der Waals surface area contributed by atoms with Crippen LogP contribution in [0.15, 0.2) is 36.7 Å². The zero-order valence-corrected chi connectivity index (χ0v) is 10.5. The first-order chi connectivity index (χ1) is 9.24. The SMILES string of the molecule is CC(Nc1nc(N)nc2nc[nH]c12)c1ccccc1. The predicted molar refractivity (Wildman–Crippen MR) is 74.6 cm³/mol. The number of H-pyrrole nitrogens is 1. The van der Waals surface area contributed by atoms with E-state index in [4.69, 9.17) is 5.73 Å². The highest BCUT2D eigenvalue weighted by atomic mass is 15.1. The van der Waals surface area contributed by atoms with Gasteiger partial charge in [0.25, 0.3) is 0 Å². The van der Waals surface area contributed by atoms with E-state index in [1.54, 1.807) is 6.33 Å². The maximum Gasteiger partial charge on any atom is 0.224 e. The summed E-state index contributed by atoms with van der Waals surface area (Å²) in [5.74, 6) is 0.874. The second-order valence-electron chi connectivity index (χ2n) is 4.31. The van der Waals surface area contributed by atoms with Gasteiger partial charge in [0.05, 0.1) is 12.4 Å². The minimum atomic E-state index is 0.113. The lowest BCUT2D eigenvalue weighted by Gasteiger charge is -2.15. The third kappa shape index (κ3) is 2.20. The molecule has 0 fully saturated rings. The zero-order valence-electron chi connectivity index (χ0n) is 10.5. The lowest BCUT2D eigenvalue weighted by atomic mass is 10.1. The van der Waals surface area contributed by atoms with Crippen molar-refractivity contribution in [3.05, 3.63) is 42.2 Å². The van der Waals surface area contributed by atoms with E-state index >= 15 is 0 Å². The lowest BCUT2D eigenvalue weighted by Crippen LogP contribution is -2.10. The van der Waals surface area contributed by atoms with Crippen molar-refractivity contribution in [2.24, 2.45) is 0 Å². The molecule has 6 heteroatoms. The quantitative estimate of drug-likeness (QED) is 0.665. The van der Waals surface area contributed by atoms with Crippen LogP contribution in [-0.4, -0.2) is 19.9 Å². The van der Waals surface area contributed by atoms with Gasteiger partial charge in [0.1, 0.15) is 5.52 Å². The fraction of sp³-hybridized carbons (Fsp3) is 0.154. The van der Waals surface area contributed by atoms with Crippen LogP contribution < -0.4 is 11.1 Å². The summed E-state index contributed by atoms with van der Waals surface area (Å²) in [6.07, 6.45) is 1.58. The van der Waals surface area contributed by atoms with Crippen LogP contribution in [0.25, 0.3) is 11.2 Å². The number of imidazole rings is 1. The molecule has 3 rings (SSSR count). The van der Waals surface area contributed by atoms with Gasteiger partial charge in [-0.15, -0.1) is 0 Å². The van der Waals surface area contributed by atoms with Crippen molar-refractivity contribution in [1.29, 1.82) is 0 Å². The Kier molecular flexibility index (Phi) is 2.75. The van der Waals surface area contributed by atoms with E-state index in [9.17, 15) is 0 Å². The zero-order chi connectivity index (χ0) is 13.2.